The van der Waals surface area contributed by atoms with Gasteiger partial charge in [0.05, 0.1) is 0 Å². The van der Waals surface area contributed by atoms with Gasteiger partial charge in [0.2, 0.25) is 0 Å². The van der Waals surface area contributed by atoms with Crippen LogP contribution in [0, 0.1) is 0 Å². The van der Waals surface area contributed by atoms with E-state index in [1.165, 1.54) is 49.8 Å². The molecule has 312 valence electrons. The summed E-state index contributed by atoms with van der Waals surface area (Å²) in [5.41, 5.74) is 21.0. The topological polar surface area (TPSA) is 22.2 Å². The van der Waals surface area contributed by atoms with Crippen LogP contribution in [0.3, 0.4) is 0 Å². The second kappa shape index (κ2) is 14.9. The molecule has 4 aliphatic rings. The summed E-state index contributed by atoms with van der Waals surface area (Å²) in [6, 6.07) is 87.8. The Morgan fingerprint density at radius 3 is 1.27 bits per heavy atom. The van der Waals surface area contributed by atoms with Crippen LogP contribution in [0.15, 0.2) is 243 Å². The lowest BCUT2D eigenvalue weighted by Gasteiger charge is -2.49. The average Bonchev–Trinajstić information content (AvgIpc) is 3.39. The van der Waals surface area contributed by atoms with Gasteiger partial charge in [-0.2, -0.15) is 0 Å². The van der Waals surface area contributed by atoms with Crippen molar-refractivity contribution >= 4 is 114 Å². The third-order valence-corrected chi connectivity index (χ3v) is 14.0. The SMILES string of the molecule is c1ccc(N(c2ccccc2)c2ccc3c(c2)Oc2cc4c5c6c2B3c2ccccc2N6c2ccccc2B5c2ccc(N(c3ccccc3)c3ccccc3)cc2N4c2ccccc2)cc1. The van der Waals surface area contributed by atoms with E-state index >= 15 is 0 Å². The molecule has 0 radical (unpaired) electrons. The summed E-state index contributed by atoms with van der Waals surface area (Å²) in [6.07, 6.45) is 0. The molecule has 0 amide bonds. The van der Waals surface area contributed by atoms with E-state index in [4.69, 9.17) is 4.74 Å². The molecular formula is C60H40B2N4O. The maximum atomic E-state index is 7.43. The van der Waals surface area contributed by atoms with Gasteiger partial charge in [-0.25, -0.2) is 0 Å². The Kier molecular flexibility index (Phi) is 8.40. The molecule has 7 heteroatoms. The van der Waals surface area contributed by atoms with Crippen molar-refractivity contribution in [3.05, 3.63) is 243 Å². The third kappa shape index (κ3) is 5.71. The van der Waals surface area contributed by atoms with Crippen molar-refractivity contribution in [3.8, 4) is 11.5 Å². The summed E-state index contributed by atoms with van der Waals surface area (Å²) in [4.78, 5) is 9.70. The van der Waals surface area contributed by atoms with Crippen LogP contribution in [0.25, 0.3) is 0 Å². The molecule has 0 aliphatic carbocycles. The van der Waals surface area contributed by atoms with E-state index in [1.807, 2.05) is 0 Å². The molecule has 67 heavy (non-hydrogen) atoms. The second-order valence-corrected chi connectivity index (χ2v) is 17.6. The molecule has 0 atom stereocenters. The molecule has 10 aromatic carbocycles. The lowest BCUT2D eigenvalue weighted by molar-refractivity contribution is 0.488. The normalized spacial score (nSPS) is 13.1. The first-order chi connectivity index (χ1) is 33.3. The Labute approximate surface area is 391 Å². The Hall–Kier alpha value is -8.67. The van der Waals surface area contributed by atoms with Crippen molar-refractivity contribution in [2.24, 2.45) is 0 Å². The van der Waals surface area contributed by atoms with E-state index in [2.05, 4.69) is 262 Å². The van der Waals surface area contributed by atoms with Crippen LogP contribution < -0.4 is 57.1 Å². The Morgan fingerprint density at radius 1 is 0.299 bits per heavy atom. The average molecular weight is 855 g/mol. The molecule has 0 bridgehead atoms. The summed E-state index contributed by atoms with van der Waals surface area (Å²) < 4.78 is 7.43. The largest absolute Gasteiger partial charge is 0.458 e. The zero-order chi connectivity index (χ0) is 44.0. The Balaban J connectivity index is 1.03. The standard InChI is InChI=1S/C60H40B2N4O/c1-6-20-41(21-7-1)63(42-22-8-2-9-23-42)46-34-36-50-54(38-46)65(45-28-14-5-15-29-45)55-40-57-59-60-58(55)61(50)48-30-16-18-32-52(48)66(60)53-33-19-17-31-49(53)62(59)51-37-35-47(39-56(51)67-57)64(43-24-10-3-11-25-43)44-26-12-4-13-27-44/h1-40H. The van der Waals surface area contributed by atoms with Crippen molar-refractivity contribution in [3.63, 3.8) is 0 Å². The fourth-order valence-electron chi connectivity index (χ4n) is 11.3. The highest BCUT2D eigenvalue weighted by atomic mass is 16.5. The number of fused-ring (bicyclic) bond motifs is 10. The van der Waals surface area contributed by atoms with Crippen LogP contribution in [0.2, 0.25) is 0 Å². The van der Waals surface area contributed by atoms with E-state index in [0.717, 1.165) is 62.7 Å². The van der Waals surface area contributed by atoms with E-state index in [9.17, 15) is 0 Å². The number of benzene rings is 10. The van der Waals surface area contributed by atoms with Gasteiger partial charge < -0.3 is 24.3 Å². The first-order valence-corrected chi connectivity index (χ1v) is 23.1. The highest BCUT2D eigenvalue weighted by Crippen LogP contribution is 2.49. The molecule has 14 rings (SSSR count). The Morgan fingerprint density at radius 2 is 0.731 bits per heavy atom. The molecule has 0 fully saturated rings. The van der Waals surface area contributed by atoms with Crippen LogP contribution in [-0.2, 0) is 0 Å². The van der Waals surface area contributed by atoms with Crippen LogP contribution in [0.5, 0.6) is 11.5 Å². The van der Waals surface area contributed by atoms with Crippen molar-refractivity contribution < 1.29 is 4.74 Å². The molecule has 10 aromatic rings. The number of hydrogen-bond donors (Lipinski definition) is 0. The molecule has 4 heterocycles. The van der Waals surface area contributed by atoms with Crippen LogP contribution in [0.1, 0.15) is 0 Å². The smallest absolute Gasteiger partial charge is 0.256 e. The Bertz CT molecular complexity index is 3450. The number of para-hydroxylation sites is 7. The maximum absolute atomic E-state index is 7.43. The quantitative estimate of drug-likeness (QED) is 0.149. The number of hydrogen-bond acceptors (Lipinski definition) is 5. The van der Waals surface area contributed by atoms with Crippen molar-refractivity contribution in [1.29, 1.82) is 0 Å². The zero-order valence-corrected chi connectivity index (χ0v) is 36.4. The van der Waals surface area contributed by atoms with Crippen LogP contribution in [0.4, 0.5) is 68.2 Å². The molecule has 5 nitrogen and oxygen atoms in total. The summed E-state index contributed by atoms with van der Waals surface area (Å²) >= 11 is 0. The van der Waals surface area contributed by atoms with Crippen molar-refractivity contribution in [2.75, 3.05) is 19.6 Å². The maximum Gasteiger partial charge on any atom is 0.256 e. The van der Waals surface area contributed by atoms with Crippen LogP contribution in [-0.4, -0.2) is 13.4 Å². The lowest BCUT2D eigenvalue weighted by Crippen LogP contribution is -2.67. The number of ether oxygens (including phenoxy) is 1. The van der Waals surface area contributed by atoms with Gasteiger partial charge in [-0.05, 0) is 124 Å². The molecule has 0 spiro atoms. The van der Waals surface area contributed by atoms with Crippen LogP contribution >= 0.6 is 0 Å². The molecule has 4 aliphatic heterocycles. The molecule has 0 unspecified atom stereocenters. The first-order valence-electron chi connectivity index (χ1n) is 23.1. The van der Waals surface area contributed by atoms with E-state index in [1.54, 1.807) is 0 Å². The lowest BCUT2D eigenvalue weighted by atomic mass is 9.29. The zero-order valence-electron chi connectivity index (χ0n) is 36.4. The highest BCUT2D eigenvalue weighted by Gasteiger charge is 2.51. The predicted molar refractivity (Wildman–Crippen MR) is 281 cm³/mol. The van der Waals surface area contributed by atoms with Gasteiger partial charge in [0.1, 0.15) is 11.5 Å². The minimum Gasteiger partial charge on any atom is -0.458 e. The monoisotopic (exact) mass is 854 g/mol. The fraction of sp³-hybridized carbons (Fsp3) is 0. The van der Waals surface area contributed by atoms with Gasteiger partial charge >= 0.3 is 0 Å². The van der Waals surface area contributed by atoms with Gasteiger partial charge in [0.25, 0.3) is 13.4 Å². The molecule has 0 saturated carbocycles. The summed E-state index contributed by atoms with van der Waals surface area (Å²) in [7, 11) is 0. The minimum absolute atomic E-state index is 0.0337. The van der Waals surface area contributed by atoms with Gasteiger partial charge in [0, 0.05) is 80.4 Å². The summed E-state index contributed by atoms with van der Waals surface area (Å²) in [5, 5.41) is 0. The van der Waals surface area contributed by atoms with E-state index < -0.39 is 0 Å². The first kappa shape index (κ1) is 37.7. The van der Waals surface area contributed by atoms with E-state index in [-0.39, 0.29) is 13.4 Å². The second-order valence-electron chi connectivity index (χ2n) is 17.6. The van der Waals surface area contributed by atoms with Gasteiger partial charge in [0.15, 0.2) is 0 Å². The number of nitrogens with zero attached hydrogens (tertiary/aromatic N) is 4. The number of rotatable bonds is 7. The highest BCUT2D eigenvalue weighted by molar-refractivity contribution is 7.04. The fourth-order valence-corrected chi connectivity index (χ4v) is 11.3. The number of anilines is 12. The molecule has 0 aromatic heterocycles. The van der Waals surface area contributed by atoms with Gasteiger partial charge in [-0.15, -0.1) is 0 Å². The summed E-state index contributed by atoms with van der Waals surface area (Å²) in [6.45, 7) is -0.0822. The molecule has 0 saturated heterocycles. The van der Waals surface area contributed by atoms with Gasteiger partial charge in [-0.1, -0.05) is 140 Å². The minimum atomic E-state index is -0.0485. The van der Waals surface area contributed by atoms with Crippen molar-refractivity contribution in [2.45, 2.75) is 0 Å². The molecule has 0 N–H and O–H groups in total. The van der Waals surface area contributed by atoms with Crippen molar-refractivity contribution in [1.82, 2.24) is 0 Å². The van der Waals surface area contributed by atoms with Gasteiger partial charge in [-0.3, -0.25) is 0 Å². The third-order valence-electron chi connectivity index (χ3n) is 14.0. The van der Waals surface area contributed by atoms with E-state index in [0.29, 0.717) is 0 Å². The molecular weight excluding hydrogens is 814 g/mol. The predicted octanol–water partition coefficient (Wildman–Crippen LogP) is 11.6. The summed E-state index contributed by atoms with van der Waals surface area (Å²) in [5.74, 6) is 1.74.